The fourth-order valence-electron chi connectivity index (χ4n) is 2.61. The Kier molecular flexibility index (Phi) is 4.19. The highest BCUT2D eigenvalue weighted by molar-refractivity contribution is 7.15. The number of imidazole rings is 1. The monoisotopic (exact) mass is 305 g/mol. The second kappa shape index (κ2) is 6.26. The topological polar surface area (TPSA) is 73.9 Å². The summed E-state index contributed by atoms with van der Waals surface area (Å²) in [5.41, 5.74) is 0. The van der Waals surface area contributed by atoms with Gasteiger partial charge in [0.15, 0.2) is 5.13 Å². The predicted octanol–water partition coefficient (Wildman–Crippen LogP) is 3.19. The van der Waals surface area contributed by atoms with E-state index in [1.54, 1.807) is 12.4 Å². The predicted molar refractivity (Wildman–Crippen MR) is 82.4 cm³/mol. The van der Waals surface area contributed by atoms with E-state index in [9.17, 15) is 4.79 Å². The van der Waals surface area contributed by atoms with E-state index >= 15 is 0 Å². The molecule has 1 aliphatic heterocycles. The van der Waals surface area contributed by atoms with Gasteiger partial charge < -0.3 is 9.88 Å². The molecule has 3 heterocycles. The molecule has 1 fully saturated rings. The number of aryl methyl sites for hydroxylation is 1. The van der Waals surface area contributed by atoms with Gasteiger partial charge in [-0.05, 0) is 25.7 Å². The van der Waals surface area contributed by atoms with Crippen molar-refractivity contribution in [1.82, 2.24) is 19.9 Å². The lowest BCUT2D eigenvalue weighted by molar-refractivity contribution is 0.160. The van der Waals surface area contributed by atoms with Crippen molar-refractivity contribution in [3.8, 4) is 0 Å². The summed E-state index contributed by atoms with van der Waals surface area (Å²) < 4.78 is 0. The molecule has 2 aromatic heterocycles. The van der Waals surface area contributed by atoms with Crippen molar-refractivity contribution in [2.45, 2.75) is 38.6 Å². The summed E-state index contributed by atoms with van der Waals surface area (Å²) in [7, 11) is 0. The molecule has 1 saturated heterocycles. The summed E-state index contributed by atoms with van der Waals surface area (Å²) in [5, 5.41) is 3.58. The van der Waals surface area contributed by atoms with Gasteiger partial charge in [-0.15, -0.1) is 11.3 Å². The molecule has 0 radical (unpaired) electrons. The summed E-state index contributed by atoms with van der Waals surface area (Å²) in [6.07, 6.45) is 9.38. The van der Waals surface area contributed by atoms with Gasteiger partial charge in [0, 0.05) is 30.0 Å². The first-order valence-corrected chi connectivity index (χ1v) is 8.11. The number of carbonyl (C=O) groups excluding carboxylic acids is 1. The number of thiazole rings is 1. The molecular weight excluding hydrogens is 286 g/mol. The quantitative estimate of drug-likeness (QED) is 0.914. The minimum Gasteiger partial charge on any atom is -0.347 e. The van der Waals surface area contributed by atoms with E-state index in [2.05, 4.69) is 27.2 Å². The van der Waals surface area contributed by atoms with Gasteiger partial charge in [-0.25, -0.2) is 14.8 Å². The van der Waals surface area contributed by atoms with Gasteiger partial charge in [0.1, 0.15) is 5.82 Å². The zero-order valence-electron chi connectivity index (χ0n) is 12.0. The first-order valence-electron chi connectivity index (χ1n) is 7.29. The molecule has 3 rings (SSSR count). The van der Waals surface area contributed by atoms with Crippen LogP contribution < -0.4 is 5.32 Å². The van der Waals surface area contributed by atoms with Gasteiger partial charge in [-0.2, -0.15) is 0 Å². The summed E-state index contributed by atoms with van der Waals surface area (Å²) in [5.74, 6) is 0.859. The van der Waals surface area contributed by atoms with Crippen molar-refractivity contribution in [3.63, 3.8) is 0 Å². The Morgan fingerprint density at radius 1 is 1.52 bits per heavy atom. The van der Waals surface area contributed by atoms with E-state index in [1.165, 1.54) is 16.2 Å². The van der Waals surface area contributed by atoms with Crippen molar-refractivity contribution in [2.24, 2.45) is 0 Å². The largest absolute Gasteiger partial charge is 0.347 e. The van der Waals surface area contributed by atoms with Gasteiger partial charge in [0.05, 0.1) is 6.04 Å². The Hall–Kier alpha value is -1.89. The number of rotatable bonds is 3. The van der Waals surface area contributed by atoms with E-state index in [0.717, 1.165) is 38.1 Å². The number of piperidine rings is 1. The van der Waals surface area contributed by atoms with Gasteiger partial charge in [-0.3, -0.25) is 5.32 Å². The average Bonchev–Trinajstić information content (AvgIpc) is 3.18. The van der Waals surface area contributed by atoms with Crippen LogP contribution in [0.25, 0.3) is 0 Å². The standard InChI is InChI=1S/C14H19N5OS/c1-2-10-9-17-13(21-10)18-14(20)19-8-4-3-5-11(19)12-15-6-7-16-12/h6-7,9,11H,2-5,8H2,1H3,(H,15,16)(H,17,18,20)/t11-/m1/s1. The lowest BCUT2D eigenvalue weighted by Crippen LogP contribution is -2.41. The number of carbonyl (C=O) groups is 1. The SMILES string of the molecule is CCc1cnc(NC(=O)N2CCCC[C@@H]2c2ncc[nH]2)s1. The molecule has 2 N–H and O–H groups in total. The smallest absolute Gasteiger partial charge is 0.324 e. The number of amides is 2. The molecule has 0 saturated carbocycles. The van der Waals surface area contributed by atoms with Crippen LogP contribution in [0, 0.1) is 0 Å². The van der Waals surface area contributed by atoms with E-state index in [4.69, 9.17) is 0 Å². The molecule has 6 nitrogen and oxygen atoms in total. The van der Waals surface area contributed by atoms with Crippen LogP contribution >= 0.6 is 11.3 Å². The first kappa shape index (κ1) is 14.1. The van der Waals surface area contributed by atoms with E-state index in [1.807, 2.05) is 11.1 Å². The molecule has 0 unspecified atom stereocenters. The highest BCUT2D eigenvalue weighted by Gasteiger charge is 2.29. The molecular formula is C14H19N5OS. The number of anilines is 1. The first-order chi connectivity index (χ1) is 10.3. The maximum absolute atomic E-state index is 12.5. The second-order valence-corrected chi connectivity index (χ2v) is 6.21. The Bertz CT molecular complexity index is 594. The summed E-state index contributed by atoms with van der Waals surface area (Å²) in [6.45, 7) is 2.83. The number of hydrogen-bond donors (Lipinski definition) is 2. The van der Waals surface area contributed by atoms with Crippen LogP contribution in [-0.2, 0) is 6.42 Å². The Balaban J connectivity index is 1.72. The molecule has 1 atom stereocenters. The molecule has 21 heavy (non-hydrogen) atoms. The zero-order valence-corrected chi connectivity index (χ0v) is 12.8. The number of nitrogens with one attached hydrogen (secondary N) is 2. The zero-order chi connectivity index (χ0) is 14.7. The van der Waals surface area contributed by atoms with Gasteiger partial charge in [0.2, 0.25) is 0 Å². The van der Waals surface area contributed by atoms with E-state index < -0.39 is 0 Å². The number of H-pyrrole nitrogens is 1. The van der Waals surface area contributed by atoms with Crippen molar-refractivity contribution in [3.05, 3.63) is 29.3 Å². The molecule has 0 aromatic carbocycles. The fourth-order valence-corrected chi connectivity index (χ4v) is 3.35. The summed E-state index contributed by atoms with van der Waals surface area (Å²) in [4.78, 5) is 27.2. The fraction of sp³-hybridized carbons (Fsp3) is 0.500. The number of aromatic nitrogens is 3. The molecule has 1 aliphatic rings. The van der Waals surface area contributed by atoms with Crippen molar-refractivity contribution in [2.75, 3.05) is 11.9 Å². The Morgan fingerprint density at radius 2 is 2.43 bits per heavy atom. The Labute approximate surface area is 127 Å². The van der Waals surface area contributed by atoms with Crippen LogP contribution in [0.5, 0.6) is 0 Å². The van der Waals surface area contributed by atoms with Crippen molar-refractivity contribution < 1.29 is 4.79 Å². The molecule has 0 spiro atoms. The molecule has 0 bridgehead atoms. The van der Waals surface area contributed by atoms with Gasteiger partial charge >= 0.3 is 6.03 Å². The number of likely N-dealkylation sites (tertiary alicyclic amines) is 1. The molecule has 2 aromatic rings. The maximum Gasteiger partial charge on any atom is 0.324 e. The Morgan fingerprint density at radius 3 is 3.14 bits per heavy atom. The summed E-state index contributed by atoms with van der Waals surface area (Å²) in [6, 6.07) is -0.0625. The van der Waals surface area contributed by atoms with E-state index in [0.29, 0.717) is 5.13 Å². The maximum atomic E-state index is 12.5. The average molecular weight is 305 g/mol. The van der Waals surface area contributed by atoms with E-state index in [-0.39, 0.29) is 12.1 Å². The van der Waals surface area contributed by atoms with Crippen LogP contribution in [0.15, 0.2) is 18.6 Å². The third kappa shape index (κ3) is 3.07. The third-order valence-electron chi connectivity index (χ3n) is 3.71. The highest BCUT2D eigenvalue weighted by Crippen LogP contribution is 2.29. The number of urea groups is 1. The minimum absolute atomic E-state index is 0.0272. The molecule has 0 aliphatic carbocycles. The molecule has 2 amide bonds. The third-order valence-corrected chi connectivity index (χ3v) is 4.77. The van der Waals surface area contributed by atoms with Crippen LogP contribution in [0.1, 0.15) is 42.9 Å². The highest BCUT2D eigenvalue weighted by atomic mass is 32.1. The number of aromatic amines is 1. The molecule has 7 heteroatoms. The molecule has 112 valence electrons. The number of nitrogens with zero attached hydrogens (tertiary/aromatic N) is 3. The second-order valence-electron chi connectivity index (χ2n) is 5.09. The van der Waals surface area contributed by atoms with Crippen LogP contribution in [0.3, 0.4) is 0 Å². The lowest BCUT2D eigenvalue weighted by atomic mass is 10.0. The van der Waals surface area contributed by atoms with Crippen molar-refractivity contribution in [1.29, 1.82) is 0 Å². The van der Waals surface area contributed by atoms with Crippen LogP contribution in [0.2, 0.25) is 0 Å². The van der Waals surface area contributed by atoms with Crippen LogP contribution in [-0.4, -0.2) is 32.4 Å². The number of hydrogen-bond acceptors (Lipinski definition) is 4. The normalized spacial score (nSPS) is 18.7. The lowest BCUT2D eigenvalue weighted by Gasteiger charge is -2.34. The van der Waals surface area contributed by atoms with Gasteiger partial charge in [-0.1, -0.05) is 6.92 Å². The van der Waals surface area contributed by atoms with Gasteiger partial charge in [0.25, 0.3) is 0 Å². The minimum atomic E-state index is -0.0897. The summed E-state index contributed by atoms with van der Waals surface area (Å²) >= 11 is 1.53. The van der Waals surface area contributed by atoms with Crippen molar-refractivity contribution >= 4 is 22.5 Å². The van der Waals surface area contributed by atoms with Crippen LogP contribution in [0.4, 0.5) is 9.93 Å².